The highest BCUT2D eigenvalue weighted by Crippen LogP contribution is 2.29. The molecule has 0 aromatic heterocycles. The predicted octanol–water partition coefficient (Wildman–Crippen LogP) is 1.17. The van der Waals surface area contributed by atoms with Gasteiger partial charge in [-0.25, -0.2) is 0 Å². The molecule has 0 spiro atoms. The van der Waals surface area contributed by atoms with E-state index in [1.807, 2.05) is 7.05 Å². The van der Waals surface area contributed by atoms with Crippen molar-refractivity contribution in [3.63, 3.8) is 0 Å². The van der Waals surface area contributed by atoms with Crippen LogP contribution < -0.4 is 5.32 Å². The summed E-state index contributed by atoms with van der Waals surface area (Å²) in [5.41, 5.74) is 0.00886. The molecule has 0 unspecified atom stereocenters. The van der Waals surface area contributed by atoms with Crippen LogP contribution in [0.1, 0.15) is 23.2 Å². The van der Waals surface area contributed by atoms with Crippen LogP contribution in [0.15, 0.2) is 18.2 Å². The number of aromatic hydroxyl groups is 2. The van der Waals surface area contributed by atoms with E-state index >= 15 is 0 Å². The molecule has 1 aliphatic rings. The maximum absolute atomic E-state index is 12.3. The third kappa shape index (κ3) is 2.98. The Bertz CT molecular complexity index is 434. The van der Waals surface area contributed by atoms with Crippen molar-refractivity contribution in [2.24, 2.45) is 5.92 Å². The van der Waals surface area contributed by atoms with E-state index in [1.54, 1.807) is 4.90 Å². The molecule has 0 aliphatic carbocycles. The van der Waals surface area contributed by atoms with E-state index < -0.39 is 0 Å². The molecule has 5 heteroatoms. The monoisotopic (exact) mass is 264 g/mol. The molecule has 19 heavy (non-hydrogen) atoms. The minimum atomic E-state index is -0.293. The van der Waals surface area contributed by atoms with Gasteiger partial charge >= 0.3 is 0 Å². The van der Waals surface area contributed by atoms with Gasteiger partial charge in [-0.2, -0.15) is 0 Å². The van der Waals surface area contributed by atoms with Crippen LogP contribution in [0.4, 0.5) is 0 Å². The lowest BCUT2D eigenvalue weighted by atomic mass is 9.96. The zero-order valence-electron chi connectivity index (χ0n) is 11.1. The molecule has 1 saturated heterocycles. The standard InChI is InChI=1S/C14H20N2O3/c1-15-9-10-5-7-16(8-6-10)14(19)13-11(17)3-2-4-12(13)18/h2-4,10,15,17-18H,5-9H2,1H3. The topological polar surface area (TPSA) is 72.8 Å². The molecular weight excluding hydrogens is 244 g/mol. The van der Waals surface area contributed by atoms with E-state index in [9.17, 15) is 15.0 Å². The number of benzene rings is 1. The molecule has 0 saturated carbocycles. The second-order valence-electron chi connectivity index (χ2n) is 4.96. The summed E-state index contributed by atoms with van der Waals surface area (Å²) in [6, 6.07) is 4.35. The van der Waals surface area contributed by atoms with Gasteiger partial charge in [0.25, 0.3) is 5.91 Å². The Kier molecular flexibility index (Phi) is 4.27. The summed E-state index contributed by atoms with van der Waals surface area (Å²) in [4.78, 5) is 14.0. The summed E-state index contributed by atoms with van der Waals surface area (Å²) in [6.45, 7) is 2.29. The summed E-state index contributed by atoms with van der Waals surface area (Å²) in [5.74, 6) is -0.0322. The number of carbonyl (C=O) groups is 1. The largest absolute Gasteiger partial charge is 0.507 e. The fourth-order valence-electron chi connectivity index (χ4n) is 2.53. The van der Waals surface area contributed by atoms with Crippen molar-refractivity contribution in [3.8, 4) is 11.5 Å². The number of phenols is 2. The van der Waals surface area contributed by atoms with Gasteiger partial charge in [0.15, 0.2) is 0 Å². The van der Waals surface area contributed by atoms with Gasteiger partial charge < -0.3 is 20.4 Å². The average Bonchev–Trinajstić information content (AvgIpc) is 2.39. The number of likely N-dealkylation sites (tertiary alicyclic amines) is 1. The van der Waals surface area contributed by atoms with Gasteiger partial charge in [0.05, 0.1) is 0 Å². The fraction of sp³-hybridized carbons (Fsp3) is 0.500. The van der Waals surface area contributed by atoms with Crippen LogP contribution in [0, 0.1) is 5.92 Å². The number of hydrogen-bond acceptors (Lipinski definition) is 4. The Morgan fingerprint density at radius 1 is 1.32 bits per heavy atom. The van der Waals surface area contributed by atoms with Crippen molar-refractivity contribution in [1.29, 1.82) is 0 Å². The summed E-state index contributed by atoms with van der Waals surface area (Å²) < 4.78 is 0. The molecular formula is C14H20N2O3. The molecule has 2 rings (SSSR count). The first-order valence-electron chi connectivity index (χ1n) is 6.58. The van der Waals surface area contributed by atoms with Crippen LogP contribution in [-0.4, -0.2) is 47.7 Å². The van der Waals surface area contributed by atoms with Crippen molar-refractivity contribution in [1.82, 2.24) is 10.2 Å². The van der Waals surface area contributed by atoms with Gasteiger partial charge in [-0.05, 0) is 44.5 Å². The smallest absolute Gasteiger partial charge is 0.261 e. The van der Waals surface area contributed by atoms with Crippen LogP contribution in [0.25, 0.3) is 0 Å². The molecule has 1 aliphatic heterocycles. The predicted molar refractivity (Wildman–Crippen MR) is 72.3 cm³/mol. The molecule has 3 N–H and O–H groups in total. The van der Waals surface area contributed by atoms with Crippen molar-refractivity contribution >= 4 is 5.91 Å². The molecule has 5 nitrogen and oxygen atoms in total. The lowest BCUT2D eigenvalue weighted by Gasteiger charge is -2.32. The van der Waals surface area contributed by atoms with E-state index in [-0.39, 0.29) is 23.0 Å². The lowest BCUT2D eigenvalue weighted by molar-refractivity contribution is 0.0684. The van der Waals surface area contributed by atoms with E-state index in [0.717, 1.165) is 19.4 Å². The Hall–Kier alpha value is -1.75. The molecule has 0 bridgehead atoms. The number of amides is 1. The van der Waals surface area contributed by atoms with Crippen LogP contribution in [-0.2, 0) is 0 Å². The van der Waals surface area contributed by atoms with Gasteiger partial charge in [0.1, 0.15) is 17.1 Å². The number of phenolic OH excluding ortho intramolecular Hbond substituents is 2. The Balaban J connectivity index is 2.05. The lowest BCUT2D eigenvalue weighted by Crippen LogP contribution is -2.40. The first kappa shape index (κ1) is 13.7. The number of piperidine rings is 1. The van der Waals surface area contributed by atoms with E-state index in [0.29, 0.717) is 19.0 Å². The van der Waals surface area contributed by atoms with Gasteiger partial charge in [0, 0.05) is 13.1 Å². The highest BCUT2D eigenvalue weighted by Gasteiger charge is 2.26. The summed E-state index contributed by atoms with van der Waals surface area (Å²) in [5, 5.41) is 22.6. The number of hydrogen-bond donors (Lipinski definition) is 3. The zero-order chi connectivity index (χ0) is 13.8. The molecule has 1 amide bonds. The van der Waals surface area contributed by atoms with Crippen LogP contribution in [0.2, 0.25) is 0 Å². The van der Waals surface area contributed by atoms with Crippen LogP contribution >= 0.6 is 0 Å². The van der Waals surface area contributed by atoms with E-state index in [4.69, 9.17) is 0 Å². The van der Waals surface area contributed by atoms with Gasteiger partial charge in [-0.3, -0.25) is 4.79 Å². The fourth-order valence-corrected chi connectivity index (χ4v) is 2.53. The Morgan fingerprint density at radius 3 is 2.42 bits per heavy atom. The Morgan fingerprint density at radius 2 is 1.89 bits per heavy atom. The second-order valence-corrected chi connectivity index (χ2v) is 4.96. The Labute approximate surface area is 112 Å². The minimum Gasteiger partial charge on any atom is -0.507 e. The third-order valence-electron chi connectivity index (χ3n) is 3.63. The van der Waals surface area contributed by atoms with Crippen LogP contribution in [0.3, 0.4) is 0 Å². The van der Waals surface area contributed by atoms with Crippen molar-refractivity contribution in [3.05, 3.63) is 23.8 Å². The molecule has 1 fully saturated rings. The van der Waals surface area contributed by atoms with Crippen LogP contribution in [0.5, 0.6) is 11.5 Å². The van der Waals surface area contributed by atoms with Gasteiger partial charge in [-0.15, -0.1) is 0 Å². The number of carbonyl (C=O) groups excluding carboxylic acids is 1. The highest BCUT2D eigenvalue weighted by atomic mass is 16.3. The highest BCUT2D eigenvalue weighted by molar-refractivity contribution is 5.99. The quantitative estimate of drug-likeness (QED) is 0.766. The van der Waals surface area contributed by atoms with Crippen molar-refractivity contribution in [2.75, 3.05) is 26.7 Å². The third-order valence-corrected chi connectivity index (χ3v) is 3.63. The number of rotatable bonds is 3. The first-order valence-corrected chi connectivity index (χ1v) is 6.58. The average molecular weight is 264 g/mol. The molecule has 1 aromatic rings. The minimum absolute atomic E-state index is 0.00886. The SMILES string of the molecule is CNCC1CCN(C(=O)c2c(O)cccc2O)CC1. The number of nitrogens with zero attached hydrogens (tertiary/aromatic N) is 1. The van der Waals surface area contributed by atoms with Crippen molar-refractivity contribution in [2.45, 2.75) is 12.8 Å². The summed E-state index contributed by atoms with van der Waals surface area (Å²) in [7, 11) is 1.93. The first-order chi connectivity index (χ1) is 9.13. The molecule has 104 valence electrons. The normalized spacial score (nSPS) is 16.6. The molecule has 1 aromatic carbocycles. The summed E-state index contributed by atoms with van der Waals surface area (Å²) >= 11 is 0. The van der Waals surface area contributed by atoms with Crippen molar-refractivity contribution < 1.29 is 15.0 Å². The molecule has 1 heterocycles. The maximum Gasteiger partial charge on any atom is 0.261 e. The zero-order valence-corrected chi connectivity index (χ0v) is 11.1. The van der Waals surface area contributed by atoms with E-state index in [2.05, 4.69) is 5.32 Å². The van der Waals surface area contributed by atoms with E-state index in [1.165, 1.54) is 18.2 Å². The number of nitrogens with one attached hydrogen (secondary N) is 1. The molecule has 0 atom stereocenters. The van der Waals surface area contributed by atoms with Gasteiger partial charge in [-0.1, -0.05) is 6.07 Å². The summed E-state index contributed by atoms with van der Waals surface area (Å²) in [6.07, 6.45) is 1.89. The van der Waals surface area contributed by atoms with Gasteiger partial charge in [0.2, 0.25) is 0 Å². The molecule has 0 radical (unpaired) electrons. The second kappa shape index (κ2) is 5.93. The maximum atomic E-state index is 12.3.